The van der Waals surface area contributed by atoms with Crippen LogP contribution in [0.4, 0.5) is 17.1 Å². The summed E-state index contributed by atoms with van der Waals surface area (Å²) < 4.78 is 43.4. The molecular formula is C46H31NO. The summed E-state index contributed by atoms with van der Waals surface area (Å²) in [6.07, 6.45) is 0. The molecule has 0 aliphatic rings. The van der Waals surface area contributed by atoms with Crippen LogP contribution in [-0.4, -0.2) is 0 Å². The molecule has 9 rings (SSSR count). The van der Waals surface area contributed by atoms with Crippen LogP contribution in [0.2, 0.25) is 0 Å². The minimum Gasteiger partial charge on any atom is -0.455 e. The van der Waals surface area contributed by atoms with Crippen molar-refractivity contribution in [3.8, 4) is 33.4 Å². The molecule has 9 aromatic rings. The zero-order valence-corrected chi connectivity index (χ0v) is 25.9. The van der Waals surface area contributed by atoms with Gasteiger partial charge < -0.3 is 9.32 Å². The highest BCUT2D eigenvalue weighted by Crippen LogP contribution is 2.43. The number of hydrogen-bond donors (Lipinski definition) is 0. The van der Waals surface area contributed by atoms with Crippen molar-refractivity contribution in [1.29, 1.82) is 0 Å². The molecule has 8 aromatic carbocycles. The Bertz CT molecular complexity index is 2750. The van der Waals surface area contributed by atoms with Crippen molar-refractivity contribution < 1.29 is 9.90 Å². The van der Waals surface area contributed by atoms with Crippen molar-refractivity contribution in [3.05, 3.63) is 188 Å². The van der Waals surface area contributed by atoms with Gasteiger partial charge in [-0.1, -0.05) is 133 Å². The first-order chi connectivity index (χ1) is 25.5. The number of nitrogens with zero attached hydrogens (tertiary/aromatic N) is 1. The number of fused-ring (bicyclic) bond motifs is 5. The van der Waals surface area contributed by atoms with E-state index in [1.54, 1.807) is 0 Å². The highest BCUT2D eigenvalue weighted by Gasteiger charge is 2.18. The normalized spacial score (nSPS) is 12.5. The first-order valence-electron chi connectivity index (χ1n) is 18.0. The third-order valence-corrected chi connectivity index (χ3v) is 8.95. The van der Waals surface area contributed by atoms with E-state index >= 15 is 0 Å². The summed E-state index contributed by atoms with van der Waals surface area (Å²) in [5, 5.41) is 4.19. The zero-order chi connectivity index (χ0) is 35.3. The largest absolute Gasteiger partial charge is 0.455 e. The van der Waals surface area contributed by atoms with Crippen molar-refractivity contribution in [2.45, 2.75) is 0 Å². The van der Waals surface area contributed by atoms with Crippen LogP contribution in [0.3, 0.4) is 0 Å². The van der Waals surface area contributed by atoms with Crippen LogP contribution in [0, 0.1) is 0 Å². The topological polar surface area (TPSA) is 16.4 Å². The summed E-state index contributed by atoms with van der Waals surface area (Å²) in [5.74, 6) is 0. The van der Waals surface area contributed by atoms with E-state index in [-0.39, 0.29) is 35.4 Å². The monoisotopic (exact) mass is 617 g/mol. The van der Waals surface area contributed by atoms with Crippen LogP contribution < -0.4 is 4.90 Å². The van der Waals surface area contributed by atoms with Gasteiger partial charge in [0.1, 0.15) is 11.2 Å². The summed E-state index contributed by atoms with van der Waals surface area (Å²) in [6.45, 7) is 0. The molecule has 1 heterocycles. The minimum absolute atomic E-state index is 0.0915. The highest BCUT2D eigenvalue weighted by molar-refractivity contribution is 6.15. The molecule has 0 aliphatic carbocycles. The second-order valence-corrected chi connectivity index (χ2v) is 11.8. The molecule has 0 fully saturated rings. The van der Waals surface area contributed by atoms with Crippen LogP contribution in [0.5, 0.6) is 0 Å². The number of furan rings is 1. The molecule has 0 unspecified atom stereocenters. The van der Waals surface area contributed by atoms with Gasteiger partial charge in [0, 0.05) is 33.1 Å². The van der Waals surface area contributed by atoms with E-state index in [0.29, 0.717) is 11.3 Å². The Kier molecular flexibility index (Phi) is 5.85. The first kappa shape index (κ1) is 23.9. The van der Waals surface area contributed by atoms with Crippen molar-refractivity contribution in [3.63, 3.8) is 0 Å². The maximum Gasteiger partial charge on any atom is 0.143 e. The Labute approximate surface area is 285 Å². The molecule has 226 valence electrons. The molecule has 48 heavy (non-hydrogen) atoms. The fraction of sp³-hybridized carbons (Fsp3) is 0. The van der Waals surface area contributed by atoms with Crippen LogP contribution in [-0.2, 0) is 0 Å². The first-order valence-corrected chi connectivity index (χ1v) is 16.0. The third-order valence-electron chi connectivity index (χ3n) is 8.95. The zero-order valence-electron chi connectivity index (χ0n) is 29.9. The standard InChI is InChI=1S/C46H31NO/c1-3-11-32(12-4-1)34-19-25-38(26-20-34)47(39-27-21-35(22-28-39)33-13-5-2-6-14-33)44-17-9-7-15-40(44)36-23-29-41-37(31-36)24-30-43-42-16-8-10-18-45(42)48-46(41)43/h1-31H/i19D,20D,25D,26D. The van der Waals surface area contributed by atoms with E-state index in [4.69, 9.17) is 7.16 Å². The molecule has 2 heteroatoms. The van der Waals surface area contributed by atoms with Gasteiger partial charge in [-0.3, -0.25) is 0 Å². The van der Waals surface area contributed by atoms with Gasteiger partial charge >= 0.3 is 0 Å². The number of benzene rings is 8. The number of para-hydroxylation sites is 2. The SMILES string of the molecule is [2H]c1c([2H])c(N(c2ccc(-c3ccccc3)cc2)c2ccccc2-c2ccc3c(ccc4c5ccccc5oc34)c2)c([2H])c([2H])c1-c1ccccc1. The predicted molar refractivity (Wildman–Crippen MR) is 202 cm³/mol. The Morgan fingerprint density at radius 3 is 1.79 bits per heavy atom. The number of rotatable bonds is 6. The van der Waals surface area contributed by atoms with Gasteiger partial charge in [0.25, 0.3) is 0 Å². The average molecular weight is 618 g/mol. The minimum atomic E-state index is -0.118. The Morgan fingerprint density at radius 2 is 1.02 bits per heavy atom. The molecule has 0 aliphatic heterocycles. The third kappa shape index (κ3) is 4.92. The molecular weight excluding hydrogens is 583 g/mol. The molecule has 0 spiro atoms. The fourth-order valence-electron chi connectivity index (χ4n) is 6.58. The average Bonchev–Trinajstić information content (AvgIpc) is 3.59. The lowest BCUT2D eigenvalue weighted by atomic mass is 9.97. The van der Waals surface area contributed by atoms with E-state index in [1.165, 1.54) is 0 Å². The van der Waals surface area contributed by atoms with Gasteiger partial charge in [0.05, 0.1) is 11.2 Å². The second-order valence-electron chi connectivity index (χ2n) is 11.8. The number of hydrogen-bond acceptors (Lipinski definition) is 2. The quantitative estimate of drug-likeness (QED) is 0.185. The highest BCUT2D eigenvalue weighted by atomic mass is 16.3. The summed E-state index contributed by atoms with van der Waals surface area (Å²) in [7, 11) is 0. The van der Waals surface area contributed by atoms with Gasteiger partial charge in [-0.05, 0) is 87.8 Å². The molecule has 0 bridgehead atoms. The van der Waals surface area contributed by atoms with Gasteiger partial charge in [-0.2, -0.15) is 0 Å². The molecule has 0 radical (unpaired) electrons. The van der Waals surface area contributed by atoms with E-state index in [1.807, 2.05) is 120 Å². The van der Waals surface area contributed by atoms with E-state index < -0.39 is 0 Å². The van der Waals surface area contributed by atoms with Gasteiger partial charge in [-0.15, -0.1) is 0 Å². The predicted octanol–water partition coefficient (Wildman–Crippen LogP) is 13.2. The van der Waals surface area contributed by atoms with Gasteiger partial charge in [0.15, 0.2) is 0 Å². The van der Waals surface area contributed by atoms with Gasteiger partial charge in [-0.25, -0.2) is 0 Å². The summed E-state index contributed by atoms with van der Waals surface area (Å²) in [4.78, 5) is 1.87. The Hall–Kier alpha value is -6.38. The summed E-state index contributed by atoms with van der Waals surface area (Å²) >= 11 is 0. The number of anilines is 3. The van der Waals surface area contributed by atoms with Crippen LogP contribution >= 0.6 is 0 Å². The van der Waals surface area contributed by atoms with Crippen LogP contribution in [0.15, 0.2) is 192 Å². The molecule has 1 aromatic heterocycles. The molecule has 0 amide bonds. The second kappa shape index (κ2) is 11.8. The Morgan fingerprint density at radius 1 is 0.417 bits per heavy atom. The molecule has 0 saturated carbocycles. The summed E-state index contributed by atoms with van der Waals surface area (Å²) in [5.41, 5.74) is 8.17. The van der Waals surface area contributed by atoms with Crippen molar-refractivity contribution in [2.24, 2.45) is 0 Å². The van der Waals surface area contributed by atoms with Crippen molar-refractivity contribution in [2.75, 3.05) is 4.90 Å². The molecule has 0 N–H and O–H groups in total. The van der Waals surface area contributed by atoms with Crippen molar-refractivity contribution >= 4 is 49.8 Å². The maximum atomic E-state index is 9.39. The lowest BCUT2D eigenvalue weighted by Crippen LogP contribution is -2.11. The van der Waals surface area contributed by atoms with Crippen LogP contribution in [0.1, 0.15) is 5.48 Å². The van der Waals surface area contributed by atoms with Crippen LogP contribution in [0.25, 0.3) is 66.1 Å². The molecule has 0 atom stereocenters. The molecule has 2 nitrogen and oxygen atoms in total. The van der Waals surface area contributed by atoms with E-state index in [9.17, 15) is 2.74 Å². The smallest absolute Gasteiger partial charge is 0.143 e. The fourth-order valence-corrected chi connectivity index (χ4v) is 6.58. The van der Waals surface area contributed by atoms with E-state index in [0.717, 1.165) is 60.7 Å². The Balaban J connectivity index is 1.25. The maximum absolute atomic E-state index is 9.39. The molecule has 0 saturated heterocycles. The summed E-state index contributed by atoms with van der Waals surface area (Å²) in [6, 6.07) is 53.5. The van der Waals surface area contributed by atoms with E-state index in [2.05, 4.69) is 48.5 Å². The van der Waals surface area contributed by atoms with Crippen molar-refractivity contribution in [1.82, 2.24) is 0 Å². The lowest BCUT2D eigenvalue weighted by Gasteiger charge is -2.28. The van der Waals surface area contributed by atoms with Gasteiger partial charge in [0.2, 0.25) is 0 Å². The lowest BCUT2D eigenvalue weighted by molar-refractivity contribution is 0.672.